The highest BCUT2D eigenvalue weighted by atomic mass is 15.2. The maximum atomic E-state index is 4.74. The van der Waals surface area contributed by atoms with Gasteiger partial charge in [-0.1, -0.05) is 39.0 Å². The molecule has 0 N–H and O–H groups in total. The Morgan fingerprint density at radius 1 is 1.19 bits per heavy atom. The van der Waals surface area contributed by atoms with Gasteiger partial charge in [0.2, 0.25) is 0 Å². The zero-order valence-electron chi connectivity index (χ0n) is 11.0. The molecular formula is C14H22N2. The van der Waals surface area contributed by atoms with Gasteiger partial charge < -0.3 is 4.90 Å². The standard InChI is InChI=1S/C14H22N2/c1-6-16(5)13(14(2,3)4)15-12-10-8-7-9-11-12/h7-11H,6H2,1-5H3. The summed E-state index contributed by atoms with van der Waals surface area (Å²) in [4.78, 5) is 6.94. The van der Waals surface area contributed by atoms with Gasteiger partial charge in [-0.15, -0.1) is 0 Å². The molecule has 0 aliphatic carbocycles. The Bertz CT molecular complexity index is 347. The minimum Gasteiger partial charge on any atom is -0.363 e. The summed E-state index contributed by atoms with van der Waals surface area (Å²) in [5, 5.41) is 0. The molecule has 2 heteroatoms. The fourth-order valence-corrected chi connectivity index (χ4v) is 1.60. The van der Waals surface area contributed by atoms with Crippen molar-refractivity contribution in [2.45, 2.75) is 27.7 Å². The Morgan fingerprint density at radius 2 is 1.75 bits per heavy atom. The van der Waals surface area contributed by atoms with Crippen LogP contribution in [-0.2, 0) is 0 Å². The monoisotopic (exact) mass is 218 g/mol. The van der Waals surface area contributed by atoms with Crippen molar-refractivity contribution in [3.05, 3.63) is 30.3 Å². The molecule has 0 fully saturated rings. The van der Waals surface area contributed by atoms with Crippen molar-refractivity contribution in [1.29, 1.82) is 0 Å². The molecule has 2 nitrogen and oxygen atoms in total. The maximum Gasteiger partial charge on any atom is 0.110 e. The number of amidine groups is 1. The van der Waals surface area contributed by atoms with Crippen molar-refractivity contribution < 1.29 is 0 Å². The van der Waals surface area contributed by atoms with Crippen molar-refractivity contribution in [2.24, 2.45) is 10.4 Å². The summed E-state index contributed by atoms with van der Waals surface area (Å²) in [6, 6.07) is 10.1. The summed E-state index contributed by atoms with van der Waals surface area (Å²) in [5.41, 5.74) is 1.09. The van der Waals surface area contributed by atoms with E-state index in [0.717, 1.165) is 18.1 Å². The molecule has 0 spiro atoms. The molecule has 0 amide bonds. The third-order valence-electron chi connectivity index (χ3n) is 2.50. The van der Waals surface area contributed by atoms with Crippen LogP contribution in [0.25, 0.3) is 0 Å². The van der Waals surface area contributed by atoms with Gasteiger partial charge in [-0.3, -0.25) is 0 Å². The number of para-hydroxylation sites is 1. The van der Waals surface area contributed by atoms with Crippen molar-refractivity contribution in [2.75, 3.05) is 13.6 Å². The Kier molecular flexibility index (Phi) is 4.11. The van der Waals surface area contributed by atoms with E-state index in [1.807, 2.05) is 30.3 Å². The number of benzene rings is 1. The van der Waals surface area contributed by atoms with E-state index in [-0.39, 0.29) is 5.41 Å². The van der Waals surface area contributed by atoms with E-state index in [0.29, 0.717) is 0 Å². The summed E-state index contributed by atoms with van der Waals surface area (Å²) in [6.45, 7) is 9.71. The first-order valence-electron chi connectivity index (χ1n) is 5.80. The molecule has 1 rings (SSSR count). The van der Waals surface area contributed by atoms with Gasteiger partial charge in [0.1, 0.15) is 5.84 Å². The Labute approximate surface area is 99.0 Å². The molecule has 88 valence electrons. The fraction of sp³-hybridized carbons (Fsp3) is 0.500. The zero-order chi connectivity index (χ0) is 12.2. The first-order chi connectivity index (χ1) is 7.45. The minimum atomic E-state index is 0.0700. The molecule has 0 aromatic heterocycles. The average molecular weight is 218 g/mol. The van der Waals surface area contributed by atoms with E-state index in [2.05, 4.69) is 39.6 Å². The first kappa shape index (κ1) is 12.8. The van der Waals surface area contributed by atoms with Crippen LogP contribution in [-0.4, -0.2) is 24.3 Å². The molecule has 0 aliphatic rings. The lowest BCUT2D eigenvalue weighted by molar-refractivity contribution is 0.443. The number of nitrogens with zero attached hydrogens (tertiary/aromatic N) is 2. The third-order valence-corrected chi connectivity index (χ3v) is 2.50. The highest BCUT2D eigenvalue weighted by Crippen LogP contribution is 2.22. The maximum absolute atomic E-state index is 4.74. The lowest BCUT2D eigenvalue weighted by Crippen LogP contribution is -2.36. The number of hydrogen-bond donors (Lipinski definition) is 0. The second-order valence-electron chi connectivity index (χ2n) is 5.04. The zero-order valence-corrected chi connectivity index (χ0v) is 11.0. The van der Waals surface area contributed by atoms with Gasteiger partial charge in [-0.05, 0) is 19.1 Å². The summed E-state index contributed by atoms with van der Waals surface area (Å²) >= 11 is 0. The fourth-order valence-electron chi connectivity index (χ4n) is 1.60. The van der Waals surface area contributed by atoms with Crippen molar-refractivity contribution in [1.82, 2.24) is 4.90 Å². The van der Waals surface area contributed by atoms with Crippen LogP contribution in [0.15, 0.2) is 35.3 Å². The molecule has 0 saturated heterocycles. The molecule has 16 heavy (non-hydrogen) atoms. The summed E-state index contributed by atoms with van der Waals surface area (Å²) in [5.74, 6) is 1.13. The predicted molar refractivity (Wildman–Crippen MR) is 71.3 cm³/mol. The summed E-state index contributed by atoms with van der Waals surface area (Å²) in [6.07, 6.45) is 0. The third kappa shape index (κ3) is 3.37. The van der Waals surface area contributed by atoms with Gasteiger partial charge >= 0.3 is 0 Å². The predicted octanol–water partition coefficient (Wildman–Crippen LogP) is 3.71. The van der Waals surface area contributed by atoms with E-state index in [9.17, 15) is 0 Å². The van der Waals surface area contributed by atoms with E-state index in [1.54, 1.807) is 0 Å². The van der Waals surface area contributed by atoms with E-state index >= 15 is 0 Å². The number of rotatable bonds is 2. The smallest absolute Gasteiger partial charge is 0.110 e. The molecule has 1 aromatic carbocycles. The van der Waals surface area contributed by atoms with Crippen LogP contribution in [0.5, 0.6) is 0 Å². The van der Waals surface area contributed by atoms with Crippen LogP contribution < -0.4 is 0 Å². The topological polar surface area (TPSA) is 15.6 Å². The summed E-state index contributed by atoms with van der Waals surface area (Å²) in [7, 11) is 2.09. The van der Waals surface area contributed by atoms with E-state index in [4.69, 9.17) is 4.99 Å². The molecule has 0 heterocycles. The van der Waals surface area contributed by atoms with Gasteiger partial charge in [0.15, 0.2) is 0 Å². The van der Waals surface area contributed by atoms with Crippen LogP contribution in [0.4, 0.5) is 5.69 Å². The molecule has 0 radical (unpaired) electrons. The molecule has 0 saturated carbocycles. The van der Waals surface area contributed by atoms with Crippen LogP contribution in [0.1, 0.15) is 27.7 Å². The molecular weight excluding hydrogens is 196 g/mol. The average Bonchev–Trinajstić information content (AvgIpc) is 2.25. The molecule has 0 unspecified atom stereocenters. The Morgan fingerprint density at radius 3 is 2.19 bits per heavy atom. The highest BCUT2D eigenvalue weighted by Gasteiger charge is 2.21. The second kappa shape index (κ2) is 5.15. The van der Waals surface area contributed by atoms with Gasteiger partial charge in [0.05, 0.1) is 5.69 Å². The van der Waals surface area contributed by atoms with Gasteiger partial charge in [0, 0.05) is 19.0 Å². The second-order valence-corrected chi connectivity index (χ2v) is 5.04. The van der Waals surface area contributed by atoms with Crippen LogP contribution in [0, 0.1) is 5.41 Å². The van der Waals surface area contributed by atoms with Gasteiger partial charge in [-0.2, -0.15) is 0 Å². The molecule has 1 aromatic rings. The highest BCUT2D eigenvalue weighted by molar-refractivity contribution is 5.89. The number of hydrogen-bond acceptors (Lipinski definition) is 1. The largest absolute Gasteiger partial charge is 0.363 e. The van der Waals surface area contributed by atoms with Crippen LogP contribution in [0.2, 0.25) is 0 Å². The van der Waals surface area contributed by atoms with Crippen molar-refractivity contribution >= 4 is 11.5 Å². The van der Waals surface area contributed by atoms with E-state index in [1.165, 1.54) is 0 Å². The van der Waals surface area contributed by atoms with Crippen LogP contribution in [0.3, 0.4) is 0 Å². The van der Waals surface area contributed by atoms with Gasteiger partial charge in [-0.25, -0.2) is 4.99 Å². The van der Waals surface area contributed by atoms with Crippen LogP contribution >= 0.6 is 0 Å². The first-order valence-corrected chi connectivity index (χ1v) is 5.80. The lowest BCUT2D eigenvalue weighted by Gasteiger charge is -2.29. The Hall–Kier alpha value is -1.31. The molecule has 0 atom stereocenters. The van der Waals surface area contributed by atoms with E-state index < -0.39 is 0 Å². The molecule has 0 bridgehead atoms. The normalized spacial score (nSPS) is 12.7. The minimum absolute atomic E-state index is 0.0700. The van der Waals surface area contributed by atoms with Crippen molar-refractivity contribution in [3.8, 4) is 0 Å². The summed E-state index contributed by atoms with van der Waals surface area (Å²) < 4.78 is 0. The molecule has 0 aliphatic heterocycles. The van der Waals surface area contributed by atoms with Crippen molar-refractivity contribution in [3.63, 3.8) is 0 Å². The quantitative estimate of drug-likeness (QED) is 0.545. The lowest BCUT2D eigenvalue weighted by atomic mass is 9.94. The Balaban J connectivity index is 3.07. The van der Waals surface area contributed by atoms with Gasteiger partial charge in [0.25, 0.3) is 0 Å². The SMILES string of the molecule is CCN(C)C(=Nc1ccccc1)C(C)(C)C. The number of aliphatic imine (C=N–C) groups is 1.